The van der Waals surface area contributed by atoms with Crippen molar-refractivity contribution in [3.63, 3.8) is 0 Å². The van der Waals surface area contributed by atoms with Gasteiger partial charge < -0.3 is 53.9 Å². The van der Waals surface area contributed by atoms with Crippen molar-refractivity contribution in [2.75, 3.05) is 27.7 Å². The molecule has 0 aromatic heterocycles. The third kappa shape index (κ3) is 10.4. The standard InChI is InChI=1S/C38H72N2O10/c1-15-28-38(11,45)32(42)26(7)40(14)20-21(2)17-37(10,44)33(50-35-30(41)27(39(12)13)16-22(3)47-35)24(5)31(25(6)34(43)48-28)49-29-19-36(8,9)18-23(4)46-29/h21-33,35,41-42,44-45H,15-20H2,1-14H3/t21-,22-,23+,24+,25-,26-,27+,28-,29+,30-,31?,32-,33-,35?,37-,38-/m1/s1. The van der Waals surface area contributed by atoms with E-state index in [0.717, 1.165) is 6.42 Å². The Morgan fingerprint density at radius 1 is 0.920 bits per heavy atom. The fraction of sp³-hybridized carbons (Fsp3) is 0.974. The van der Waals surface area contributed by atoms with Crippen LogP contribution in [-0.4, -0.2) is 142 Å². The maximum absolute atomic E-state index is 14.2. The van der Waals surface area contributed by atoms with Crippen molar-refractivity contribution >= 4 is 5.97 Å². The lowest BCUT2D eigenvalue weighted by atomic mass is 9.77. The topological polar surface area (TPSA) is 151 Å². The Bertz CT molecular complexity index is 1090. The Morgan fingerprint density at radius 2 is 1.54 bits per heavy atom. The molecule has 12 nitrogen and oxygen atoms in total. The number of carbonyl (C=O) groups excluding carboxylic acids is 1. The predicted molar refractivity (Wildman–Crippen MR) is 191 cm³/mol. The molecule has 0 aromatic carbocycles. The fourth-order valence-corrected chi connectivity index (χ4v) is 8.89. The second-order valence-corrected chi connectivity index (χ2v) is 17.7. The number of cyclic esters (lactones) is 1. The van der Waals surface area contributed by atoms with E-state index in [2.05, 4.69) is 13.8 Å². The molecular weight excluding hydrogens is 644 g/mol. The lowest BCUT2D eigenvalue weighted by molar-refractivity contribution is -0.308. The first-order chi connectivity index (χ1) is 22.9. The van der Waals surface area contributed by atoms with E-state index >= 15 is 0 Å². The first kappa shape index (κ1) is 43.5. The highest BCUT2D eigenvalue weighted by Gasteiger charge is 2.51. The van der Waals surface area contributed by atoms with Crippen molar-refractivity contribution in [2.24, 2.45) is 23.2 Å². The molecule has 0 bridgehead atoms. The van der Waals surface area contributed by atoms with E-state index in [1.807, 2.05) is 72.5 Å². The summed E-state index contributed by atoms with van der Waals surface area (Å²) >= 11 is 0. The highest BCUT2D eigenvalue weighted by atomic mass is 16.7. The normalized spacial score (nSPS) is 47.7. The van der Waals surface area contributed by atoms with Crippen molar-refractivity contribution in [3.8, 4) is 0 Å². The van der Waals surface area contributed by atoms with Crippen LogP contribution in [0.5, 0.6) is 0 Å². The summed E-state index contributed by atoms with van der Waals surface area (Å²) in [5.74, 6) is -2.24. The van der Waals surface area contributed by atoms with Crippen LogP contribution in [0.3, 0.4) is 0 Å². The number of aliphatic hydroxyl groups excluding tert-OH is 2. The summed E-state index contributed by atoms with van der Waals surface area (Å²) in [5.41, 5.74) is -3.31. The van der Waals surface area contributed by atoms with Crippen LogP contribution in [0.15, 0.2) is 0 Å². The zero-order valence-corrected chi connectivity index (χ0v) is 33.5. The highest BCUT2D eigenvalue weighted by molar-refractivity contribution is 5.73. The van der Waals surface area contributed by atoms with Crippen molar-refractivity contribution in [1.29, 1.82) is 0 Å². The molecule has 3 fully saturated rings. The van der Waals surface area contributed by atoms with Gasteiger partial charge in [0.2, 0.25) is 0 Å². The quantitative estimate of drug-likeness (QED) is 0.298. The molecule has 3 aliphatic heterocycles. The van der Waals surface area contributed by atoms with Gasteiger partial charge >= 0.3 is 5.97 Å². The molecule has 3 saturated heterocycles. The molecule has 294 valence electrons. The zero-order valence-electron chi connectivity index (χ0n) is 33.5. The van der Waals surface area contributed by atoms with Gasteiger partial charge in [-0.1, -0.05) is 34.6 Å². The minimum Gasteiger partial charge on any atom is -0.459 e. The van der Waals surface area contributed by atoms with Gasteiger partial charge in [-0.2, -0.15) is 0 Å². The molecule has 0 aliphatic carbocycles. The number of hydrogen-bond donors (Lipinski definition) is 4. The van der Waals surface area contributed by atoms with E-state index in [4.69, 9.17) is 23.7 Å². The smallest absolute Gasteiger partial charge is 0.311 e. The Labute approximate surface area is 302 Å². The van der Waals surface area contributed by atoms with Gasteiger partial charge in [0.25, 0.3) is 0 Å². The van der Waals surface area contributed by atoms with Crippen LogP contribution >= 0.6 is 0 Å². The fourth-order valence-electron chi connectivity index (χ4n) is 8.89. The number of nitrogens with zero attached hydrogens (tertiary/aromatic N) is 2. The number of aliphatic hydroxyl groups is 4. The van der Waals surface area contributed by atoms with Gasteiger partial charge in [-0.05, 0) is 99.7 Å². The molecule has 0 aromatic rings. The van der Waals surface area contributed by atoms with E-state index in [9.17, 15) is 25.2 Å². The summed E-state index contributed by atoms with van der Waals surface area (Å²) in [7, 11) is 5.68. The molecule has 0 amide bonds. The summed E-state index contributed by atoms with van der Waals surface area (Å²) in [5, 5.41) is 47.2. The van der Waals surface area contributed by atoms with Crippen molar-refractivity contribution < 1.29 is 48.9 Å². The molecule has 3 aliphatic rings. The summed E-state index contributed by atoms with van der Waals surface area (Å²) in [6, 6.07) is -0.732. The first-order valence-electron chi connectivity index (χ1n) is 18.9. The van der Waals surface area contributed by atoms with Crippen LogP contribution < -0.4 is 0 Å². The van der Waals surface area contributed by atoms with E-state index in [1.54, 1.807) is 13.8 Å². The molecule has 4 N–H and O–H groups in total. The summed E-state index contributed by atoms with van der Waals surface area (Å²) in [6.07, 6.45) is -4.42. The molecule has 0 spiro atoms. The third-order valence-corrected chi connectivity index (χ3v) is 11.7. The summed E-state index contributed by atoms with van der Waals surface area (Å²) in [6.45, 7) is 21.3. The molecule has 12 heteroatoms. The van der Waals surface area contributed by atoms with Gasteiger partial charge in [-0.3, -0.25) is 4.79 Å². The van der Waals surface area contributed by atoms with E-state index < -0.39 is 78.1 Å². The summed E-state index contributed by atoms with van der Waals surface area (Å²) in [4.78, 5) is 18.1. The monoisotopic (exact) mass is 717 g/mol. The summed E-state index contributed by atoms with van der Waals surface area (Å²) < 4.78 is 32.1. The molecule has 0 saturated carbocycles. The van der Waals surface area contributed by atoms with E-state index in [0.29, 0.717) is 19.4 Å². The molecule has 0 radical (unpaired) electrons. The maximum Gasteiger partial charge on any atom is 0.311 e. The average molecular weight is 717 g/mol. The van der Waals surface area contributed by atoms with Crippen LogP contribution in [0.25, 0.3) is 0 Å². The van der Waals surface area contributed by atoms with Gasteiger partial charge in [-0.25, -0.2) is 0 Å². The number of carbonyl (C=O) groups is 1. The molecule has 16 atom stereocenters. The predicted octanol–water partition coefficient (Wildman–Crippen LogP) is 3.55. The lowest BCUT2D eigenvalue weighted by Gasteiger charge is -2.48. The number of likely N-dealkylation sites (N-methyl/N-ethyl adjacent to an activating group) is 2. The molecule has 50 heavy (non-hydrogen) atoms. The maximum atomic E-state index is 14.2. The number of rotatable bonds is 6. The highest BCUT2D eigenvalue weighted by Crippen LogP contribution is 2.41. The molecule has 3 heterocycles. The Kier molecular flexibility index (Phi) is 14.8. The van der Waals surface area contributed by atoms with Gasteiger partial charge in [-0.15, -0.1) is 0 Å². The zero-order chi connectivity index (χ0) is 38.1. The van der Waals surface area contributed by atoms with Gasteiger partial charge in [0.15, 0.2) is 12.6 Å². The first-order valence-corrected chi connectivity index (χ1v) is 18.9. The second-order valence-electron chi connectivity index (χ2n) is 17.7. The van der Waals surface area contributed by atoms with Crippen LogP contribution in [0.1, 0.15) is 108 Å². The molecular formula is C38H72N2O10. The molecule has 3 rings (SSSR count). The van der Waals surface area contributed by atoms with Crippen LogP contribution in [-0.2, 0) is 28.5 Å². The minimum absolute atomic E-state index is 0.0742. The SMILES string of the molecule is CC[C@H]1OC(=O)[C@H](C)C(O[C@H]2CC(C)(C)C[C@H](C)O2)[C@H](C)[C@@H](OC2O[C@H](C)C[C@H](N(C)C)[C@H]2O)[C@](C)(O)C[C@@H](C)CN(C)[C@H](C)[C@@H](O)[C@]1(C)O. The van der Waals surface area contributed by atoms with Crippen molar-refractivity contribution in [3.05, 3.63) is 0 Å². The Balaban J connectivity index is 2.15. The minimum atomic E-state index is -1.75. The third-order valence-electron chi connectivity index (χ3n) is 11.7. The lowest BCUT2D eigenvalue weighted by Crippen LogP contribution is -2.59. The van der Waals surface area contributed by atoms with Crippen LogP contribution in [0.4, 0.5) is 0 Å². The van der Waals surface area contributed by atoms with Gasteiger partial charge in [0.05, 0.1) is 35.9 Å². The average Bonchev–Trinajstić information content (AvgIpc) is 2.98. The van der Waals surface area contributed by atoms with Gasteiger partial charge in [0, 0.05) is 31.0 Å². The van der Waals surface area contributed by atoms with Crippen molar-refractivity contribution in [1.82, 2.24) is 9.80 Å². The van der Waals surface area contributed by atoms with E-state index in [-0.39, 0.29) is 42.4 Å². The number of hydrogen-bond acceptors (Lipinski definition) is 12. The van der Waals surface area contributed by atoms with E-state index in [1.165, 1.54) is 6.92 Å². The Morgan fingerprint density at radius 3 is 2.10 bits per heavy atom. The molecule has 2 unspecified atom stereocenters. The largest absolute Gasteiger partial charge is 0.459 e. The van der Waals surface area contributed by atoms with Crippen LogP contribution in [0.2, 0.25) is 0 Å². The Hall–Kier alpha value is -0.930. The second kappa shape index (κ2) is 17.0. The van der Waals surface area contributed by atoms with Crippen LogP contribution in [0, 0.1) is 23.2 Å². The number of esters is 1. The number of ether oxygens (including phenoxy) is 5. The van der Waals surface area contributed by atoms with Gasteiger partial charge in [0.1, 0.15) is 23.9 Å². The van der Waals surface area contributed by atoms with Crippen molar-refractivity contribution in [2.45, 2.75) is 187 Å².